The molecule has 2 rings (SSSR count). The quantitative estimate of drug-likeness (QED) is 0.804. The largest absolute Gasteiger partial charge is 0.377 e. The van der Waals surface area contributed by atoms with Gasteiger partial charge < -0.3 is 10.1 Å². The lowest BCUT2D eigenvalue weighted by molar-refractivity contribution is 0.110. The van der Waals surface area contributed by atoms with E-state index in [0.29, 0.717) is 6.10 Å². The van der Waals surface area contributed by atoms with Crippen molar-refractivity contribution in [1.29, 1.82) is 0 Å². The zero-order valence-electron chi connectivity index (χ0n) is 9.49. The van der Waals surface area contributed by atoms with Crippen molar-refractivity contribution >= 4 is 0 Å². The molecule has 1 aliphatic heterocycles. The van der Waals surface area contributed by atoms with Crippen LogP contribution < -0.4 is 5.32 Å². The Morgan fingerprint density at radius 3 is 3.13 bits per heavy atom. The predicted molar refractivity (Wildman–Crippen MR) is 58.6 cm³/mol. The van der Waals surface area contributed by atoms with Crippen LogP contribution in [0.3, 0.4) is 0 Å². The molecule has 2 heterocycles. The first-order valence-corrected chi connectivity index (χ1v) is 5.57. The molecule has 0 saturated carbocycles. The Kier molecular flexibility index (Phi) is 3.38. The topological polar surface area (TPSA) is 39.1 Å². The zero-order chi connectivity index (χ0) is 10.7. The number of aromatic nitrogens is 2. The molecular formula is C11H19N3O. The number of rotatable bonds is 4. The lowest BCUT2D eigenvalue weighted by Gasteiger charge is -2.11. The summed E-state index contributed by atoms with van der Waals surface area (Å²) < 4.78 is 7.48. The number of hydrogen-bond acceptors (Lipinski definition) is 3. The SMILES string of the molecule is Cc1cnn(C)c1CNCC1CCCO1. The third-order valence-electron chi connectivity index (χ3n) is 2.96. The van der Waals surface area contributed by atoms with Crippen molar-refractivity contribution in [3.8, 4) is 0 Å². The molecule has 1 saturated heterocycles. The fraction of sp³-hybridized carbons (Fsp3) is 0.727. The molecule has 0 aliphatic carbocycles. The van der Waals surface area contributed by atoms with Crippen LogP contribution in [0.1, 0.15) is 24.1 Å². The third kappa shape index (κ3) is 2.58. The van der Waals surface area contributed by atoms with Gasteiger partial charge in [-0.15, -0.1) is 0 Å². The van der Waals surface area contributed by atoms with Crippen molar-refractivity contribution in [2.24, 2.45) is 7.05 Å². The van der Waals surface area contributed by atoms with E-state index < -0.39 is 0 Å². The third-order valence-corrected chi connectivity index (χ3v) is 2.96. The van der Waals surface area contributed by atoms with Crippen LogP contribution in [-0.2, 0) is 18.3 Å². The van der Waals surface area contributed by atoms with Crippen LogP contribution in [-0.4, -0.2) is 29.0 Å². The first kappa shape index (κ1) is 10.6. The first-order chi connectivity index (χ1) is 7.27. The molecule has 1 aliphatic rings. The maximum Gasteiger partial charge on any atom is 0.0700 e. The first-order valence-electron chi connectivity index (χ1n) is 5.57. The van der Waals surface area contributed by atoms with E-state index in [4.69, 9.17) is 4.74 Å². The second-order valence-electron chi connectivity index (χ2n) is 4.16. The molecule has 1 unspecified atom stereocenters. The summed E-state index contributed by atoms with van der Waals surface area (Å²) >= 11 is 0. The van der Waals surface area contributed by atoms with Crippen LogP contribution in [0.15, 0.2) is 6.20 Å². The van der Waals surface area contributed by atoms with Crippen molar-refractivity contribution in [3.05, 3.63) is 17.5 Å². The van der Waals surface area contributed by atoms with Crippen molar-refractivity contribution in [2.75, 3.05) is 13.2 Å². The average Bonchev–Trinajstić information content (AvgIpc) is 2.82. The summed E-state index contributed by atoms with van der Waals surface area (Å²) in [5, 5.41) is 7.64. The number of nitrogens with zero attached hydrogens (tertiary/aromatic N) is 2. The summed E-state index contributed by atoms with van der Waals surface area (Å²) in [4.78, 5) is 0. The van der Waals surface area contributed by atoms with Gasteiger partial charge in [0.1, 0.15) is 0 Å². The Morgan fingerprint density at radius 2 is 2.53 bits per heavy atom. The van der Waals surface area contributed by atoms with Gasteiger partial charge in [0, 0.05) is 26.7 Å². The zero-order valence-corrected chi connectivity index (χ0v) is 9.49. The van der Waals surface area contributed by atoms with Crippen LogP contribution in [0.25, 0.3) is 0 Å². The number of aryl methyl sites for hydroxylation is 2. The Labute approximate surface area is 90.6 Å². The maximum atomic E-state index is 5.55. The van der Waals surface area contributed by atoms with E-state index in [2.05, 4.69) is 17.3 Å². The smallest absolute Gasteiger partial charge is 0.0700 e. The molecule has 4 nitrogen and oxygen atoms in total. The van der Waals surface area contributed by atoms with Crippen LogP contribution in [0.2, 0.25) is 0 Å². The highest BCUT2D eigenvalue weighted by atomic mass is 16.5. The highest BCUT2D eigenvalue weighted by Crippen LogP contribution is 2.11. The molecular weight excluding hydrogens is 190 g/mol. The van der Waals surface area contributed by atoms with Gasteiger partial charge in [-0.05, 0) is 25.3 Å². The molecule has 1 N–H and O–H groups in total. The Bertz CT molecular complexity index is 296. The average molecular weight is 209 g/mol. The maximum absolute atomic E-state index is 5.55. The van der Waals surface area contributed by atoms with Gasteiger partial charge >= 0.3 is 0 Å². The van der Waals surface area contributed by atoms with E-state index in [1.54, 1.807) is 0 Å². The lowest BCUT2D eigenvalue weighted by Crippen LogP contribution is -2.26. The highest BCUT2D eigenvalue weighted by molar-refractivity contribution is 5.14. The van der Waals surface area contributed by atoms with E-state index in [9.17, 15) is 0 Å². The molecule has 1 atom stereocenters. The normalized spacial score (nSPS) is 21.1. The molecule has 1 aromatic rings. The summed E-state index contributed by atoms with van der Waals surface area (Å²) in [6.07, 6.45) is 4.72. The number of hydrogen-bond donors (Lipinski definition) is 1. The minimum absolute atomic E-state index is 0.415. The Balaban J connectivity index is 1.77. The molecule has 84 valence electrons. The van der Waals surface area contributed by atoms with Gasteiger partial charge in [0.15, 0.2) is 0 Å². The molecule has 0 amide bonds. The highest BCUT2D eigenvalue weighted by Gasteiger charge is 2.14. The molecule has 0 bridgehead atoms. The Hall–Kier alpha value is -0.870. The van der Waals surface area contributed by atoms with Crippen molar-refractivity contribution < 1.29 is 4.74 Å². The molecule has 0 radical (unpaired) electrons. The minimum atomic E-state index is 0.415. The predicted octanol–water partition coefficient (Wildman–Crippen LogP) is 0.997. The molecule has 1 aromatic heterocycles. The summed E-state index contributed by atoms with van der Waals surface area (Å²) in [5.41, 5.74) is 2.50. The fourth-order valence-electron chi connectivity index (χ4n) is 1.98. The molecule has 1 fully saturated rings. The summed E-state index contributed by atoms with van der Waals surface area (Å²) in [6.45, 7) is 4.85. The van der Waals surface area contributed by atoms with Gasteiger partial charge in [-0.25, -0.2) is 0 Å². The molecule has 4 heteroatoms. The van der Waals surface area contributed by atoms with E-state index in [1.807, 2.05) is 17.9 Å². The summed E-state index contributed by atoms with van der Waals surface area (Å²) in [5.74, 6) is 0. The van der Waals surface area contributed by atoms with Crippen LogP contribution in [0.5, 0.6) is 0 Å². The second kappa shape index (κ2) is 4.77. The van der Waals surface area contributed by atoms with Gasteiger partial charge in [0.25, 0.3) is 0 Å². The van der Waals surface area contributed by atoms with E-state index in [0.717, 1.165) is 19.7 Å². The van der Waals surface area contributed by atoms with Crippen molar-refractivity contribution in [3.63, 3.8) is 0 Å². The van der Waals surface area contributed by atoms with Crippen molar-refractivity contribution in [2.45, 2.75) is 32.4 Å². The minimum Gasteiger partial charge on any atom is -0.377 e. The molecule has 0 aromatic carbocycles. The van der Waals surface area contributed by atoms with E-state index >= 15 is 0 Å². The van der Waals surface area contributed by atoms with Crippen molar-refractivity contribution in [1.82, 2.24) is 15.1 Å². The van der Waals surface area contributed by atoms with E-state index in [-0.39, 0.29) is 0 Å². The number of ether oxygens (including phenoxy) is 1. The van der Waals surface area contributed by atoms with Gasteiger partial charge in [0.05, 0.1) is 18.0 Å². The Morgan fingerprint density at radius 1 is 1.67 bits per heavy atom. The summed E-state index contributed by atoms with van der Waals surface area (Å²) in [6, 6.07) is 0. The van der Waals surface area contributed by atoms with Crippen LogP contribution in [0, 0.1) is 6.92 Å². The van der Waals surface area contributed by atoms with Gasteiger partial charge in [-0.2, -0.15) is 5.10 Å². The van der Waals surface area contributed by atoms with Crippen LogP contribution >= 0.6 is 0 Å². The van der Waals surface area contributed by atoms with Gasteiger partial charge in [0.2, 0.25) is 0 Å². The monoisotopic (exact) mass is 209 g/mol. The van der Waals surface area contributed by atoms with Gasteiger partial charge in [-0.3, -0.25) is 4.68 Å². The van der Waals surface area contributed by atoms with E-state index in [1.165, 1.54) is 24.1 Å². The van der Waals surface area contributed by atoms with Crippen LogP contribution in [0.4, 0.5) is 0 Å². The fourth-order valence-corrected chi connectivity index (χ4v) is 1.98. The number of nitrogens with one attached hydrogen (secondary N) is 1. The lowest BCUT2D eigenvalue weighted by atomic mass is 10.2. The second-order valence-corrected chi connectivity index (χ2v) is 4.16. The van der Waals surface area contributed by atoms with Gasteiger partial charge in [-0.1, -0.05) is 0 Å². The molecule has 0 spiro atoms. The summed E-state index contributed by atoms with van der Waals surface area (Å²) in [7, 11) is 1.98. The standard InChI is InChI=1S/C11H19N3O/c1-9-6-13-14(2)11(9)8-12-7-10-4-3-5-15-10/h6,10,12H,3-5,7-8H2,1-2H3. The molecule has 15 heavy (non-hydrogen) atoms.